The first-order chi connectivity index (χ1) is 8.16. The van der Waals surface area contributed by atoms with Crippen LogP contribution in [0, 0.1) is 0 Å². The number of rotatable bonds is 2. The first-order valence-electron chi connectivity index (χ1n) is 5.56. The van der Waals surface area contributed by atoms with Gasteiger partial charge < -0.3 is 11.6 Å². The summed E-state index contributed by atoms with van der Waals surface area (Å²) in [5.74, 6) is 7.75. The third kappa shape index (κ3) is 1.74. The minimum atomic E-state index is 0.468. The molecule has 1 aliphatic carbocycles. The van der Waals surface area contributed by atoms with Crippen LogP contribution in [0.3, 0.4) is 0 Å². The van der Waals surface area contributed by atoms with Crippen molar-refractivity contribution in [1.82, 2.24) is 9.66 Å². The summed E-state index contributed by atoms with van der Waals surface area (Å²) in [5.41, 5.74) is 7.61. The van der Waals surface area contributed by atoms with Crippen LogP contribution in [-0.4, -0.2) is 9.66 Å². The second kappa shape index (κ2) is 3.67. The Morgan fingerprint density at radius 1 is 1.35 bits per heavy atom. The maximum Gasteiger partial charge on any atom is 0.150 e. The standard InChI is InChI=1S/C12H13ClN4/c13-9-3-1-2-8(6-9)10-11(14)17(15)12(16-10)7-4-5-7/h1-3,6-7H,4-5,14-15H2. The van der Waals surface area contributed by atoms with E-state index in [2.05, 4.69) is 4.98 Å². The third-order valence-electron chi connectivity index (χ3n) is 3.02. The number of nitrogen functional groups attached to an aromatic ring is 2. The molecule has 0 amide bonds. The Kier molecular flexibility index (Phi) is 2.26. The summed E-state index contributed by atoms with van der Waals surface area (Å²) < 4.78 is 1.49. The fourth-order valence-electron chi connectivity index (χ4n) is 1.94. The molecule has 0 bridgehead atoms. The van der Waals surface area contributed by atoms with Gasteiger partial charge in [-0.2, -0.15) is 0 Å². The molecule has 1 aromatic carbocycles. The van der Waals surface area contributed by atoms with Gasteiger partial charge in [0.05, 0.1) is 0 Å². The van der Waals surface area contributed by atoms with Gasteiger partial charge in [0.2, 0.25) is 0 Å². The third-order valence-corrected chi connectivity index (χ3v) is 3.25. The van der Waals surface area contributed by atoms with Crippen molar-refractivity contribution in [3.8, 4) is 11.3 Å². The summed E-state index contributed by atoms with van der Waals surface area (Å²) in [6.45, 7) is 0. The minimum Gasteiger partial charge on any atom is -0.382 e. The molecule has 0 saturated heterocycles. The first kappa shape index (κ1) is 10.5. The lowest BCUT2D eigenvalue weighted by atomic mass is 10.1. The number of hydrogen-bond donors (Lipinski definition) is 2. The molecule has 2 aromatic rings. The van der Waals surface area contributed by atoms with E-state index in [-0.39, 0.29) is 0 Å². The fourth-order valence-corrected chi connectivity index (χ4v) is 2.13. The summed E-state index contributed by atoms with van der Waals surface area (Å²) in [4.78, 5) is 4.54. The molecule has 5 heteroatoms. The van der Waals surface area contributed by atoms with E-state index in [4.69, 9.17) is 23.2 Å². The van der Waals surface area contributed by atoms with Crippen molar-refractivity contribution in [2.45, 2.75) is 18.8 Å². The van der Waals surface area contributed by atoms with E-state index in [1.807, 2.05) is 24.3 Å². The lowest BCUT2D eigenvalue weighted by Gasteiger charge is -2.01. The minimum absolute atomic E-state index is 0.468. The smallest absolute Gasteiger partial charge is 0.150 e. The molecule has 1 heterocycles. The number of anilines is 1. The second-order valence-corrected chi connectivity index (χ2v) is 4.79. The normalized spacial score (nSPS) is 15.1. The van der Waals surface area contributed by atoms with E-state index < -0.39 is 0 Å². The summed E-state index contributed by atoms with van der Waals surface area (Å²) in [6, 6.07) is 7.48. The molecule has 1 aliphatic rings. The van der Waals surface area contributed by atoms with Crippen molar-refractivity contribution >= 4 is 17.4 Å². The highest BCUT2D eigenvalue weighted by Gasteiger charge is 2.30. The molecule has 0 radical (unpaired) electrons. The molecule has 4 N–H and O–H groups in total. The molecule has 1 fully saturated rings. The average molecular weight is 249 g/mol. The Balaban J connectivity index is 2.11. The molecule has 4 nitrogen and oxygen atoms in total. The van der Waals surface area contributed by atoms with Crippen LogP contribution in [0.15, 0.2) is 24.3 Å². The quantitative estimate of drug-likeness (QED) is 0.802. The van der Waals surface area contributed by atoms with Gasteiger partial charge in [-0.25, -0.2) is 9.66 Å². The molecular weight excluding hydrogens is 236 g/mol. The largest absolute Gasteiger partial charge is 0.382 e. The zero-order valence-electron chi connectivity index (χ0n) is 9.23. The Hall–Kier alpha value is -1.68. The van der Waals surface area contributed by atoms with E-state index in [1.54, 1.807) is 0 Å². The van der Waals surface area contributed by atoms with Gasteiger partial charge in [-0.05, 0) is 25.0 Å². The number of hydrogen-bond acceptors (Lipinski definition) is 3. The van der Waals surface area contributed by atoms with Crippen molar-refractivity contribution in [3.05, 3.63) is 35.1 Å². The monoisotopic (exact) mass is 248 g/mol. The number of imidazole rings is 1. The molecule has 88 valence electrons. The Labute approximate surface area is 104 Å². The van der Waals surface area contributed by atoms with Crippen molar-refractivity contribution < 1.29 is 0 Å². The highest BCUT2D eigenvalue weighted by molar-refractivity contribution is 6.30. The molecule has 0 aliphatic heterocycles. The van der Waals surface area contributed by atoms with Crippen LogP contribution < -0.4 is 11.6 Å². The van der Waals surface area contributed by atoms with Gasteiger partial charge in [-0.15, -0.1) is 0 Å². The zero-order valence-corrected chi connectivity index (χ0v) is 9.98. The maximum absolute atomic E-state index is 5.98. The molecule has 3 rings (SSSR count). The molecule has 0 unspecified atom stereocenters. The van der Waals surface area contributed by atoms with E-state index in [0.29, 0.717) is 16.8 Å². The van der Waals surface area contributed by atoms with Gasteiger partial charge in [0.15, 0.2) is 5.82 Å². The lowest BCUT2D eigenvalue weighted by molar-refractivity contribution is 0.855. The van der Waals surface area contributed by atoms with Crippen molar-refractivity contribution in [1.29, 1.82) is 0 Å². The summed E-state index contributed by atoms with van der Waals surface area (Å²) in [7, 11) is 0. The van der Waals surface area contributed by atoms with Gasteiger partial charge in [0.25, 0.3) is 0 Å². The SMILES string of the molecule is Nc1c(-c2cccc(Cl)c2)nc(C2CC2)n1N. The highest BCUT2D eigenvalue weighted by Crippen LogP contribution is 2.41. The van der Waals surface area contributed by atoms with E-state index >= 15 is 0 Å². The van der Waals surface area contributed by atoms with E-state index in [9.17, 15) is 0 Å². The van der Waals surface area contributed by atoms with Gasteiger partial charge >= 0.3 is 0 Å². The predicted molar refractivity (Wildman–Crippen MR) is 69.2 cm³/mol. The van der Waals surface area contributed by atoms with Crippen LogP contribution in [0.4, 0.5) is 5.82 Å². The van der Waals surface area contributed by atoms with E-state index in [0.717, 1.165) is 29.9 Å². The van der Waals surface area contributed by atoms with Crippen molar-refractivity contribution in [2.24, 2.45) is 0 Å². The Bertz CT molecular complexity index is 572. The molecule has 1 aromatic heterocycles. The first-order valence-corrected chi connectivity index (χ1v) is 5.93. The zero-order chi connectivity index (χ0) is 12.0. The van der Waals surface area contributed by atoms with Gasteiger partial charge in [-0.3, -0.25) is 0 Å². The molecule has 0 spiro atoms. The average Bonchev–Trinajstić information content (AvgIpc) is 3.09. The molecular formula is C12H13ClN4. The highest BCUT2D eigenvalue weighted by atomic mass is 35.5. The van der Waals surface area contributed by atoms with Crippen LogP contribution in [0.5, 0.6) is 0 Å². The number of nitrogens with zero attached hydrogens (tertiary/aromatic N) is 2. The number of nitrogens with two attached hydrogens (primary N) is 2. The van der Waals surface area contributed by atoms with Crippen LogP contribution in [0.2, 0.25) is 5.02 Å². The number of halogens is 1. The molecule has 17 heavy (non-hydrogen) atoms. The number of aromatic nitrogens is 2. The molecule has 1 saturated carbocycles. The Morgan fingerprint density at radius 2 is 2.12 bits per heavy atom. The van der Waals surface area contributed by atoms with Crippen LogP contribution >= 0.6 is 11.6 Å². The van der Waals surface area contributed by atoms with Crippen molar-refractivity contribution in [3.63, 3.8) is 0 Å². The lowest BCUT2D eigenvalue weighted by Crippen LogP contribution is -2.14. The maximum atomic E-state index is 5.98. The van der Waals surface area contributed by atoms with Gasteiger partial charge in [0, 0.05) is 16.5 Å². The summed E-state index contributed by atoms with van der Waals surface area (Å²) >= 11 is 5.96. The van der Waals surface area contributed by atoms with Crippen LogP contribution in [0.1, 0.15) is 24.6 Å². The number of benzene rings is 1. The summed E-state index contributed by atoms with van der Waals surface area (Å²) in [6.07, 6.45) is 2.28. The van der Waals surface area contributed by atoms with Crippen LogP contribution in [-0.2, 0) is 0 Å². The molecule has 0 atom stereocenters. The Morgan fingerprint density at radius 3 is 2.76 bits per heavy atom. The van der Waals surface area contributed by atoms with Gasteiger partial charge in [-0.1, -0.05) is 23.7 Å². The van der Waals surface area contributed by atoms with Crippen molar-refractivity contribution in [2.75, 3.05) is 11.6 Å². The van der Waals surface area contributed by atoms with Gasteiger partial charge in [0.1, 0.15) is 11.5 Å². The predicted octanol–water partition coefficient (Wildman–Crippen LogP) is 2.38. The second-order valence-electron chi connectivity index (χ2n) is 4.36. The van der Waals surface area contributed by atoms with Crippen LogP contribution in [0.25, 0.3) is 11.3 Å². The van der Waals surface area contributed by atoms with E-state index in [1.165, 1.54) is 4.68 Å². The summed E-state index contributed by atoms with van der Waals surface area (Å²) in [5, 5.41) is 0.668. The fraction of sp³-hybridized carbons (Fsp3) is 0.250. The topological polar surface area (TPSA) is 69.9 Å².